The van der Waals surface area contributed by atoms with E-state index in [4.69, 9.17) is 4.74 Å². The SMILES string of the molecule is CN=C(NCc1ccc(CN(C)C)cc1)NCc1ccc(OCC(F)(F)F)cc1. The molecular weight excluding hydrogens is 381 g/mol. The lowest BCUT2D eigenvalue weighted by molar-refractivity contribution is -0.153. The number of alkyl halides is 3. The number of hydrogen-bond acceptors (Lipinski definition) is 3. The molecule has 0 aromatic heterocycles. The summed E-state index contributed by atoms with van der Waals surface area (Å²) in [5.41, 5.74) is 3.30. The molecule has 0 atom stereocenters. The van der Waals surface area contributed by atoms with Gasteiger partial charge in [0.15, 0.2) is 12.6 Å². The lowest BCUT2D eigenvalue weighted by Gasteiger charge is -2.14. The van der Waals surface area contributed by atoms with Crippen LogP contribution in [0, 0.1) is 0 Å². The molecule has 158 valence electrons. The number of hydrogen-bond donors (Lipinski definition) is 2. The van der Waals surface area contributed by atoms with Crippen LogP contribution in [-0.2, 0) is 19.6 Å². The van der Waals surface area contributed by atoms with E-state index in [0.717, 1.165) is 17.7 Å². The average Bonchev–Trinajstić information content (AvgIpc) is 2.67. The third kappa shape index (κ3) is 8.87. The number of benzene rings is 2. The van der Waals surface area contributed by atoms with E-state index in [0.29, 0.717) is 19.0 Å². The average molecular weight is 408 g/mol. The molecule has 5 nitrogen and oxygen atoms in total. The molecule has 2 rings (SSSR count). The molecular formula is C21H27F3N4O. The van der Waals surface area contributed by atoms with Crippen LogP contribution in [0.5, 0.6) is 5.75 Å². The zero-order chi connectivity index (χ0) is 21.3. The number of ether oxygens (including phenoxy) is 1. The predicted octanol–water partition coefficient (Wildman–Crippen LogP) is 3.55. The fraction of sp³-hybridized carbons (Fsp3) is 0.381. The van der Waals surface area contributed by atoms with Gasteiger partial charge in [0, 0.05) is 26.7 Å². The van der Waals surface area contributed by atoms with Crippen molar-refractivity contribution in [3.8, 4) is 5.75 Å². The van der Waals surface area contributed by atoms with Gasteiger partial charge in [-0.2, -0.15) is 13.2 Å². The number of halogens is 3. The van der Waals surface area contributed by atoms with Crippen LogP contribution >= 0.6 is 0 Å². The monoisotopic (exact) mass is 408 g/mol. The molecule has 0 saturated carbocycles. The van der Waals surface area contributed by atoms with E-state index >= 15 is 0 Å². The molecule has 0 fully saturated rings. The number of nitrogens with zero attached hydrogens (tertiary/aromatic N) is 2. The largest absolute Gasteiger partial charge is 0.484 e. The molecule has 8 heteroatoms. The molecule has 0 bridgehead atoms. The van der Waals surface area contributed by atoms with Gasteiger partial charge in [-0.25, -0.2) is 0 Å². The predicted molar refractivity (Wildman–Crippen MR) is 109 cm³/mol. The van der Waals surface area contributed by atoms with Gasteiger partial charge in [0.1, 0.15) is 5.75 Å². The summed E-state index contributed by atoms with van der Waals surface area (Å²) in [5.74, 6) is 0.825. The van der Waals surface area contributed by atoms with Crippen LogP contribution in [-0.4, -0.2) is 44.8 Å². The van der Waals surface area contributed by atoms with Crippen molar-refractivity contribution in [3.05, 3.63) is 65.2 Å². The van der Waals surface area contributed by atoms with Crippen LogP contribution in [0.2, 0.25) is 0 Å². The summed E-state index contributed by atoms with van der Waals surface area (Å²) in [5, 5.41) is 6.42. The normalized spacial score (nSPS) is 12.2. The van der Waals surface area contributed by atoms with Crippen molar-refractivity contribution < 1.29 is 17.9 Å². The van der Waals surface area contributed by atoms with Gasteiger partial charge in [0.25, 0.3) is 0 Å². The summed E-state index contributed by atoms with van der Waals surface area (Å²) < 4.78 is 41.2. The maximum Gasteiger partial charge on any atom is 0.422 e. The van der Waals surface area contributed by atoms with Gasteiger partial charge in [-0.05, 0) is 42.9 Å². The quantitative estimate of drug-likeness (QED) is 0.518. The Bertz CT molecular complexity index is 772. The van der Waals surface area contributed by atoms with E-state index in [1.165, 1.54) is 17.7 Å². The Morgan fingerprint density at radius 1 is 0.897 bits per heavy atom. The standard InChI is InChI=1S/C21H27F3N4O/c1-25-20(26-12-16-4-6-18(7-5-16)14-28(2)3)27-13-17-8-10-19(11-9-17)29-15-21(22,23)24/h4-11H,12-15H2,1-3H3,(H2,25,26,27). The van der Waals surface area contributed by atoms with Crippen LogP contribution in [0.4, 0.5) is 13.2 Å². The zero-order valence-corrected chi connectivity index (χ0v) is 16.9. The maximum atomic E-state index is 12.2. The Balaban J connectivity index is 1.78. The smallest absolute Gasteiger partial charge is 0.422 e. The van der Waals surface area contributed by atoms with Gasteiger partial charge in [0.2, 0.25) is 0 Å². The Labute approximate surface area is 169 Å². The molecule has 0 radical (unpaired) electrons. The first-order valence-corrected chi connectivity index (χ1v) is 9.21. The fourth-order valence-corrected chi connectivity index (χ4v) is 2.59. The summed E-state index contributed by atoms with van der Waals surface area (Å²) in [7, 11) is 5.76. The molecule has 0 aliphatic carbocycles. The van der Waals surface area contributed by atoms with Crippen molar-refractivity contribution in [1.29, 1.82) is 0 Å². The Hall–Kier alpha value is -2.74. The maximum absolute atomic E-state index is 12.2. The highest BCUT2D eigenvalue weighted by Gasteiger charge is 2.28. The Morgan fingerprint density at radius 2 is 1.38 bits per heavy atom. The van der Waals surface area contributed by atoms with Crippen LogP contribution in [0.15, 0.2) is 53.5 Å². The highest BCUT2D eigenvalue weighted by atomic mass is 19.4. The fourth-order valence-electron chi connectivity index (χ4n) is 2.59. The molecule has 0 saturated heterocycles. The summed E-state index contributed by atoms with van der Waals surface area (Å²) in [6.45, 7) is 0.724. The topological polar surface area (TPSA) is 48.9 Å². The summed E-state index contributed by atoms with van der Waals surface area (Å²) in [6.07, 6.45) is -4.34. The minimum atomic E-state index is -4.34. The third-order valence-electron chi connectivity index (χ3n) is 3.99. The minimum absolute atomic E-state index is 0.186. The molecule has 2 aromatic carbocycles. The molecule has 2 N–H and O–H groups in total. The third-order valence-corrected chi connectivity index (χ3v) is 3.99. The van der Waals surface area contributed by atoms with Crippen molar-refractivity contribution in [1.82, 2.24) is 15.5 Å². The summed E-state index contributed by atoms with van der Waals surface area (Å²) in [6, 6.07) is 14.9. The number of rotatable bonds is 8. The minimum Gasteiger partial charge on any atom is -0.484 e. The number of guanidine groups is 1. The first-order chi connectivity index (χ1) is 13.7. The van der Waals surface area contributed by atoms with Crippen molar-refractivity contribution in [2.45, 2.75) is 25.8 Å². The van der Waals surface area contributed by atoms with Gasteiger partial charge in [-0.1, -0.05) is 36.4 Å². The summed E-state index contributed by atoms with van der Waals surface area (Å²) >= 11 is 0. The van der Waals surface area contributed by atoms with Crippen molar-refractivity contribution in [3.63, 3.8) is 0 Å². The lowest BCUT2D eigenvalue weighted by atomic mass is 10.1. The zero-order valence-electron chi connectivity index (χ0n) is 16.9. The van der Waals surface area contributed by atoms with E-state index in [-0.39, 0.29) is 5.75 Å². The second-order valence-corrected chi connectivity index (χ2v) is 6.88. The second-order valence-electron chi connectivity index (χ2n) is 6.88. The molecule has 0 heterocycles. The Morgan fingerprint density at radius 3 is 1.83 bits per heavy atom. The van der Waals surface area contributed by atoms with Crippen LogP contribution in [0.1, 0.15) is 16.7 Å². The van der Waals surface area contributed by atoms with E-state index in [1.807, 2.05) is 14.1 Å². The molecule has 2 aromatic rings. The second kappa shape index (κ2) is 10.7. The lowest BCUT2D eigenvalue weighted by Crippen LogP contribution is -2.36. The van der Waals surface area contributed by atoms with Crippen LogP contribution in [0.3, 0.4) is 0 Å². The van der Waals surface area contributed by atoms with E-state index < -0.39 is 12.8 Å². The number of aliphatic imine (C=N–C) groups is 1. The van der Waals surface area contributed by atoms with E-state index in [2.05, 4.69) is 44.8 Å². The van der Waals surface area contributed by atoms with E-state index in [1.54, 1.807) is 19.2 Å². The molecule has 0 spiro atoms. The molecule has 0 aliphatic rings. The first-order valence-electron chi connectivity index (χ1n) is 9.21. The van der Waals surface area contributed by atoms with Gasteiger partial charge in [-0.15, -0.1) is 0 Å². The Kier molecular flexibility index (Phi) is 8.33. The van der Waals surface area contributed by atoms with Crippen LogP contribution < -0.4 is 15.4 Å². The highest BCUT2D eigenvalue weighted by molar-refractivity contribution is 5.79. The van der Waals surface area contributed by atoms with Crippen molar-refractivity contribution >= 4 is 5.96 Å². The van der Waals surface area contributed by atoms with Gasteiger partial charge in [0.05, 0.1) is 0 Å². The van der Waals surface area contributed by atoms with Gasteiger partial charge in [-0.3, -0.25) is 4.99 Å². The highest BCUT2D eigenvalue weighted by Crippen LogP contribution is 2.18. The van der Waals surface area contributed by atoms with Crippen molar-refractivity contribution in [2.24, 2.45) is 4.99 Å². The summed E-state index contributed by atoms with van der Waals surface area (Å²) in [4.78, 5) is 6.31. The first kappa shape index (κ1) is 22.5. The van der Waals surface area contributed by atoms with E-state index in [9.17, 15) is 13.2 Å². The molecule has 29 heavy (non-hydrogen) atoms. The van der Waals surface area contributed by atoms with Crippen LogP contribution in [0.25, 0.3) is 0 Å². The number of nitrogens with one attached hydrogen (secondary N) is 2. The van der Waals surface area contributed by atoms with Gasteiger partial charge >= 0.3 is 6.18 Å². The molecule has 0 aliphatic heterocycles. The van der Waals surface area contributed by atoms with Gasteiger partial charge < -0.3 is 20.3 Å². The van der Waals surface area contributed by atoms with Crippen molar-refractivity contribution in [2.75, 3.05) is 27.7 Å². The molecule has 0 amide bonds. The molecule has 0 unspecified atom stereocenters.